The molecule has 1 aromatic heterocycles. The van der Waals surface area contributed by atoms with E-state index in [0.29, 0.717) is 0 Å². The molecule has 102 valence electrons. The van der Waals surface area contributed by atoms with E-state index in [-0.39, 0.29) is 22.8 Å². The van der Waals surface area contributed by atoms with E-state index in [1.165, 1.54) is 24.6 Å². The molecular formula is C14H18N2O3. The molecule has 1 heterocycles. The minimum atomic E-state index is -1.13. The Morgan fingerprint density at radius 2 is 1.84 bits per heavy atom. The molecule has 2 rings (SSSR count). The molecule has 2 N–H and O–H groups in total. The fourth-order valence-corrected chi connectivity index (χ4v) is 2.48. The van der Waals surface area contributed by atoms with Crippen molar-refractivity contribution < 1.29 is 14.7 Å². The van der Waals surface area contributed by atoms with Crippen LogP contribution in [0.1, 0.15) is 60.0 Å². The van der Waals surface area contributed by atoms with E-state index >= 15 is 0 Å². The first-order valence-electron chi connectivity index (χ1n) is 6.53. The number of aromatic nitrogens is 1. The van der Waals surface area contributed by atoms with Crippen molar-refractivity contribution in [2.75, 3.05) is 0 Å². The van der Waals surface area contributed by atoms with Gasteiger partial charge in [-0.2, -0.15) is 0 Å². The summed E-state index contributed by atoms with van der Waals surface area (Å²) in [5.74, 6) is -1.42. The van der Waals surface area contributed by atoms with Crippen molar-refractivity contribution >= 4 is 11.9 Å². The fourth-order valence-electron chi connectivity index (χ4n) is 2.48. The van der Waals surface area contributed by atoms with Crippen LogP contribution in [-0.2, 0) is 0 Å². The molecule has 5 nitrogen and oxygen atoms in total. The zero-order valence-electron chi connectivity index (χ0n) is 11.0. The highest BCUT2D eigenvalue weighted by atomic mass is 16.4. The summed E-state index contributed by atoms with van der Waals surface area (Å²) < 4.78 is 0. The molecule has 0 unspecified atom stereocenters. The van der Waals surface area contributed by atoms with Crippen LogP contribution >= 0.6 is 0 Å². The summed E-state index contributed by atoms with van der Waals surface area (Å²) in [5.41, 5.74) is -0.149. The summed E-state index contributed by atoms with van der Waals surface area (Å²) in [6.07, 6.45) is 5.34. The molecule has 1 amide bonds. The van der Waals surface area contributed by atoms with E-state index in [9.17, 15) is 9.59 Å². The summed E-state index contributed by atoms with van der Waals surface area (Å²) in [7, 11) is 0. The van der Waals surface area contributed by atoms with Gasteiger partial charge in [0.25, 0.3) is 5.91 Å². The van der Waals surface area contributed by atoms with Crippen LogP contribution in [0.4, 0.5) is 0 Å². The van der Waals surface area contributed by atoms with Crippen molar-refractivity contribution in [2.24, 2.45) is 0 Å². The molecule has 1 aliphatic carbocycles. The highest BCUT2D eigenvalue weighted by Gasteiger charge is 2.29. The number of carbonyl (C=O) groups excluding carboxylic acids is 1. The molecule has 0 atom stereocenters. The number of amides is 1. The number of rotatable bonds is 3. The number of hydrogen-bond donors (Lipinski definition) is 2. The van der Waals surface area contributed by atoms with Crippen molar-refractivity contribution in [3.8, 4) is 0 Å². The van der Waals surface area contributed by atoms with Crippen LogP contribution in [-0.4, -0.2) is 27.5 Å². The maximum absolute atomic E-state index is 12.1. The van der Waals surface area contributed by atoms with Crippen molar-refractivity contribution in [3.63, 3.8) is 0 Å². The Balaban J connectivity index is 2.11. The largest absolute Gasteiger partial charge is 0.477 e. The average Bonchev–Trinajstić information content (AvgIpc) is 2.39. The Bertz CT molecular complexity index is 493. The van der Waals surface area contributed by atoms with Crippen LogP contribution in [0, 0.1) is 0 Å². The average molecular weight is 262 g/mol. The highest BCUT2D eigenvalue weighted by molar-refractivity contribution is 5.94. The standard InChI is InChI=1S/C14H18N2O3/c1-14(8-3-2-4-9-14)16-12(17)10-6-5-7-11(15-10)13(18)19/h5-7H,2-4,8-9H2,1H3,(H,16,17)(H,18,19). The van der Waals surface area contributed by atoms with E-state index in [4.69, 9.17) is 5.11 Å². The summed E-state index contributed by atoms with van der Waals surface area (Å²) >= 11 is 0. The minimum absolute atomic E-state index is 0.110. The highest BCUT2D eigenvalue weighted by Crippen LogP contribution is 2.27. The van der Waals surface area contributed by atoms with Crippen LogP contribution in [0.3, 0.4) is 0 Å². The van der Waals surface area contributed by atoms with Gasteiger partial charge >= 0.3 is 5.97 Å². The van der Waals surface area contributed by atoms with Crippen LogP contribution in [0.5, 0.6) is 0 Å². The van der Waals surface area contributed by atoms with Gasteiger partial charge in [0.1, 0.15) is 11.4 Å². The summed E-state index contributed by atoms with van der Waals surface area (Å²) in [6.45, 7) is 2.03. The summed E-state index contributed by atoms with van der Waals surface area (Å²) in [6, 6.07) is 4.45. The van der Waals surface area contributed by atoms with E-state index < -0.39 is 5.97 Å². The number of nitrogens with zero attached hydrogens (tertiary/aromatic N) is 1. The first-order chi connectivity index (χ1) is 9.00. The van der Waals surface area contributed by atoms with Crippen LogP contribution in [0.15, 0.2) is 18.2 Å². The SMILES string of the molecule is CC1(NC(=O)c2cccc(C(=O)O)n2)CCCCC1. The number of carboxylic acid groups (broad SMARTS) is 1. The number of hydrogen-bond acceptors (Lipinski definition) is 3. The third-order valence-electron chi connectivity index (χ3n) is 3.57. The maximum atomic E-state index is 12.1. The Labute approximate surface area is 112 Å². The van der Waals surface area contributed by atoms with Gasteiger partial charge in [-0.1, -0.05) is 25.3 Å². The monoisotopic (exact) mass is 262 g/mol. The summed E-state index contributed by atoms with van der Waals surface area (Å²) in [4.78, 5) is 26.8. The Kier molecular flexibility index (Phi) is 3.83. The summed E-state index contributed by atoms with van der Waals surface area (Å²) in [5, 5.41) is 11.9. The van der Waals surface area contributed by atoms with Gasteiger partial charge in [-0.05, 0) is 31.9 Å². The van der Waals surface area contributed by atoms with Gasteiger partial charge in [0.2, 0.25) is 0 Å². The zero-order chi connectivity index (χ0) is 13.9. The first-order valence-corrected chi connectivity index (χ1v) is 6.53. The molecule has 1 saturated carbocycles. The van der Waals surface area contributed by atoms with Gasteiger partial charge < -0.3 is 10.4 Å². The van der Waals surface area contributed by atoms with E-state index in [1.807, 2.05) is 6.92 Å². The van der Waals surface area contributed by atoms with Gasteiger partial charge in [0.05, 0.1) is 0 Å². The van der Waals surface area contributed by atoms with Gasteiger partial charge in [0, 0.05) is 5.54 Å². The number of pyridine rings is 1. The molecular weight excluding hydrogens is 244 g/mol. The van der Waals surface area contributed by atoms with E-state index in [0.717, 1.165) is 25.7 Å². The Morgan fingerprint density at radius 3 is 2.47 bits per heavy atom. The topological polar surface area (TPSA) is 79.3 Å². The van der Waals surface area contributed by atoms with Gasteiger partial charge in [-0.15, -0.1) is 0 Å². The van der Waals surface area contributed by atoms with Gasteiger partial charge in [0.15, 0.2) is 0 Å². The lowest BCUT2D eigenvalue weighted by atomic mass is 9.83. The van der Waals surface area contributed by atoms with Crippen molar-refractivity contribution in [2.45, 2.75) is 44.6 Å². The molecule has 0 bridgehead atoms. The minimum Gasteiger partial charge on any atom is -0.477 e. The molecule has 1 aliphatic rings. The molecule has 0 saturated heterocycles. The number of nitrogens with one attached hydrogen (secondary N) is 1. The van der Waals surface area contributed by atoms with Crippen molar-refractivity contribution in [1.29, 1.82) is 0 Å². The first kappa shape index (κ1) is 13.5. The number of carbonyl (C=O) groups is 2. The van der Waals surface area contributed by atoms with E-state index in [1.54, 1.807) is 0 Å². The molecule has 1 aromatic rings. The van der Waals surface area contributed by atoms with Crippen LogP contribution in [0.25, 0.3) is 0 Å². The second-order valence-corrected chi connectivity index (χ2v) is 5.29. The lowest BCUT2D eigenvalue weighted by molar-refractivity contribution is 0.0690. The number of carboxylic acids is 1. The van der Waals surface area contributed by atoms with Crippen molar-refractivity contribution in [1.82, 2.24) is 10.3 Å². The third kappa shape index (κ3) is 3.30. The smallest absolute Gasteiger partial charge is 0.354 e. The second-order valence-electron chi connectivity index (χ2n) is 5.29. The maximum Gasteiger partial charge on any atom is 0.354 e. The second kappa shape index (κ2) is 5.38. The van der Waals surface area contributed by atoms with Gasteiger partial charge in [-0.25, -0.2) is 9.78 Å². The lowest BCUT2D eigenvalue weighted by Crippen LogP contribution is -2.47. The quantitative estimate of drug-likeness (QED) is 0.875. The predicted molar refractivity (Wildman–Crippen MR) is 70.2 cm³/mol. The molecule has 0 spiro atoms. The Morgan fingerprint density at radius 1 is 1.21 bits per heavy atom. The fraction of sp³-hybridized carbons (Fsp3) is 0.500. The van der Waals surface area contributed by atoms with Crippen LogP contribution < -0.4 is 5.32 Å². The zero-order valence-corrected chi connectivity index (χ0v) is 11.0. The van der Waals surface area contributed by atoms with Crippen molar-refractivity contribution in [3.05, 3.63) is 29.6 Å². The number of aromatic carboxylic acids is 1. The molecule has 0 aliphatic heterocycles. The van der Waals surface area contributed by atoms with Crippen LogP contribution in [0.2, 0.25) is 0 Å². The molecule has 19 heavy (non-hydrogen) atoms. The normalized spacial score (nSPS) is 17.7. The van der Waals surface area contributed by atoms with E-state index in [2.05, 4.69) is 10.3 Å². The molecule has 0 radical (unpaired) electrons. The molecule has 0 aromatic carbocycles. The molecule has 1 fully saturated rings. The lowest BCUT2D eigenvalue weighted by Gasteiger charge is -2.34. The molecule has 5 heteroatoms. The Hall–Kier alpha value is -1.91. The van der Waals surface area contributed by atoms with Gasteiger partial charge in [-0.3, -0.25) is 4.79 Å². The predicted octanol–water partition coefficient (Wildman–Crippen LogP) is 2.23. The third-order valence-corrected chi connectivity index (χ3v) is 3.57.